The van der Waals surface area contributed by atoms with Crippen LogP contribution >= 0.6 is 11.6 Å². The Morgan fingerprint density at radius 1 is 1.17 bits per heavy atom. The first-order chi connectivity index (χ1) is 14.0. The van der Waals surface area contributed by atoms with Crippen LogP contribution < -0.4 is 9.62 Å². The molecule has 2 rings (SSSR count). The number of amides is 2. The van der Waals surface area contributed by atoms with Crippen molar-refractivity contribution in [1.29, 1.82) is 0 Å². The molecule has 0 bridgehead atoms. The van der Waals surface area contributed by atoms with Crippen LogP contribution in [-0.2, 0) is 26.2 Å². The number of benzene rings is 2. The first-order valence-corrected chi connectivity index (χ1v) is 11.2. The minimum Gasteiger partial charge on any atom is -0.357 e. The van der Waals surface area contributed by atoms with E-state index in [2.05, 4.69) is 5.32 Å². The summed E-state index contributed by atoms with van der Waals surface area (Å²) in [6.07, 6.45) is 0.927. The molecule has 0 heterocycles. The lowest BCUT2D eigenvalue weighted by atomic mass is 10.1. The molecule has 0 unspecified atom stereocenters. The Hall–Kier alpha value is -2.65. The number of likely N-dealkylation sites (N-methyl/N-ethyl adjacent to an activating group) is 1. The number of carbonyl (C=O) groups is 2. The van der Waals surface area contributed by atoms with Crippen molar-refractivity contribution in [3.05, 3.63) is 64.9 Å². The highest BCUT2D eigenvalue weighted by atomic mass is 35.5. The lowest BCUT2D eigenvalue weighted by molar-refractivity contribution is -0.139. The number of carbonyl (C=O) groups excluding carboxylic acids is 2. The van der Waals surface area contributed by atoms with Gasteiger partial charge < -0.3 is 10.2 Å². The topological polar surface area (TPSA) is 86.8 Å². The standard InChI is InChI=1S/C20H23ClFN3O4S/c1-14(20(27)23-2)24(12-15-7-9-16(21)10-8-15)19(26)13-25(30(3,28)29)18-6-4-5-17(22)11-18/h4-11,14H,12-13H2,1-3H3,(H,23,27)/t14-/m0/s1. The highest BCUT2D eigenvalue weighted by Crippen LogP contribution is 2.20. The third kappa shape index (κ3) is 6.17. The van der Waals surface area contributed by atoms with Gasteiger partial charge >= 0.3 is 0 Å². The first kappa shape index (κ1) is 23.6. The number of hydrogen-bond acceptors (Lipinski definition) is 4. The predicted octanol–water partition coefficient (Wildman–Crippen LogP) is 2.41. The Kier molecular flexibility index (Phi) is 7.80. The molecule has 2 amide bonds. The van der Waals surface area contributed by atoms with E-state index in [0.29, 0.717) is 10.6 Å². The lowest BCUT2D eigenvalue weighted by Gasteiger charge is -2.31. The van der Waals surface area contributed by atoms with Crippen LogP contribution in [-0.4, -0.2) is 51.0 Å². The second-order valence-corrected chi connectivity index (χ2v) is 9.03. The third-order valence-electron chi connectivity index (χ3n) is 4.46. The monoisotopic (exact) mass is 455 g/mol. The maximum absolute atomic E-state index is 13.6. The molecule has 0 spiro atoms. The van der Waals surface area contributed by atoms with Crippen molar-refractivity contribution in [3.8, 4) is 0 Å². The molecule has 0 aliphatic rings. The summed E-state index contributed by atoms with van der Waals surface area (Å²) in [7, 11) is -2.45. The molecule has 0 aromatic heterocycles. The van der Waals surface area contributed by atoms with Gasteiger partial charge in [0.25, 0.3) is 0 Å². The second kappa shape index (κ2) is 9.90. The number of sulfonamides is 1. The summed E-state index contributed by atoms with van der Waals surface area (Å²) in [4.78, 5) is 26.6. The summed E-state index contributed by atoms with van der Waals surface area (Å²) >= 11 is 5.90. The number of halogens is 2. The summed E-state index contributed by atoms with van der Waals surface area (Å²) in [6.45, 7) is 1.02. The van der Waals surface area contributed by atoms with Gasteiger partial charge in [-0.25, -0.2) is 12.8 Å². The maximum Gasteiger partial charge on any atom is 0.244 e. The Bertz CT molecular complexity index is 1010. The predicted molar refractivity (Wildman–Crippen MR) is 114 cm³/mol. The molecule has 0 aliphatic heterocycles. The average Bonchev–Trinajstić information content (AvgIpc) is 2.69. The Balaban J connectivity index is 2.36. The maximum atomic E-state index is 13.6. The van der Waals surface area contributed by atoms with E-state index in [-0.39, 0.29) is 12.2 Å². The molecule has 0 saturated heterocycles. The molecular formula is C20H23ClFN3O4S. The molecule has 0 aliphatic carbocycles. The molecule has 10 heteroatoms. The number of nitrogens with zero attached hydrogens (tertiary/aromatic N) is 2. The number of nitrogens with one attached hydrogen (secondary N) is 1. The van der Waals surface area contributed by atoms with Crippen LogP contribution in [0.5, 0.6) is 0 Å². The first-order valence-electron chi connectivity index (χ1n) is 9.01. The fourth-order valence-corrected chi connectivity index (χ4v) is 3.79. The number of hydrogen-bond donors (Lipinski definition) is 1. The molecule has 0 fully saturated rings. The molecular weight excluding hydrogens is 433 g/mol. The van der Waals surface area contributed by atoms with Gasteiger partial charge in [-0.05, 0) is 42.8 Å². The smallest absolute Gasteiger partial charge is 0.244 e. The van der Waals surface area contributed by atoms with Crippen LogP contribution in [0, 0.1) is 5.82 Å². The minimum absolute atomic E-state index is 0.0184. The summed E-state index contributed by atoms with van der Waals surface area (Å²) in [5.74, 6) is -1.66. The van der Waals surface area contributed by atoms with E-state index in [1.165, 1.54) is 30.1 Å². The fourth-order valence-electron chi connectivity index (χ4n) is 2.82. The average molecular weight is 456 g/mol. The molecule has 162 valence electrons. The zero-order valence-corrected chi connectivity index (χ0v) is 18.4. The van der Waals surface area contributed by atoms with Crippen molar-refractivity contribution >= 4 is 39.1 Å². The van der Waals surface area contributed by atoms with Crippen molar-refractivity contribution in [1.82, 2.24) is 10.2 Å². The van der Waals surface area contributed by atoms with Crippen molar-refractivity contribution in [2.24, 2.45) is 0 Å². The third-order valence-corrected chi connectivity index (χ3v) is 5.85. The van der Waals surface area contributed by atoms with Crippen molar-refractivity contribution in [2.75, 3.05) is 24.2 Å². The number of rotatable bonds is 8. The second-order valence-electron chi connectivity index (χ2n) is 6.69. The minimum atomic E-state index is -3.89. The van der Waals surface area contributed by atoms with Crippen LogP contribution in [0.25, 0.3) is 0 Å². The van der Waals surface area contributed by atoms with E-state index in [1.807, 2.05) is 0 Å². The van der Waals surface area contributed by atoms with Gasteiger partial charge in [0, 0.05) is 18.6 Å². The van der Waals surface area contributed by atoms with E-state index in [0.717, 1.165) is 16.6 Å². The van der Waals surface area contributed by atoms with Crippen LogP contribution in [0.3, 0.4) is 0 Å². The number of anilines is 1. The summed E-state index contributed by atoms with van der Waals surface area (Å²) in [5, 5.41) is 3.00. The highest BCUT2D eigenvalue weighted by molar-refractivity contribution is 7.92. The van der Waals surface area contributed by atoms with Gasteiger partial charge in [-0.3, -0.25) is 13.9 Å². The highest BCUT2D eigenvalue weighted by Gasteiger charge is 2.29. The van der Waals surface area contributed by atoms with Gasteiger partial charge in [0.05, 0.1) is 11.9 Å². The van der Waals surface area contributed by atoms with Crippen LogP contribution in [0.1, 0.15) is 12.5 Å². The Morgan fingerprint density at radius 3 is 2.33 bits per heavy atom. The summed E-state index contributed by atoms with van der Waals surface area (Å²) in [6, 6.07) is 10.8. The van der Waals surface area contributed by atoms with Crippen molar-refractivity contribution < 1.29 is 22.4 Å². The molecule has 1 atom stereocenters. The van der Waals surface area contributed by atoms with Crippen LogP contribution in [0.2, 0.25) is 5.02 Å². The SMILES string of the molecule is CNC(=O)[C@H](C)N(Cc1ccc(Cl)cc1)C(=O)CN(c1cccc(F)c1)S(C)(=O)=O. The van der Waals surface area contributed by atoms with Gasteiger partial charge in [0.1, 0.15) is 18.4 Å². The van der Waals surface area contributed by atoms with Gasteiger partial charge in [0.2, 0.25) is 21.8 Å². The van der Waals surface area contributed by atoms with E-state index in [4.69, 9.17) is 11.6 Å². The molecule has 2 aromatic rings. The summed E-state index contributed by atoms with van der Waals surface area (Å²) < 4.78 is 39.0. The lowest BCUT2D eigenvalue weighted by Crippen LogP contribution is -2.50. The van der Waals surface area contributed by atoms with E-state index in [1.54, 1.807) is 31.2 Å². The van der Waals surface area contributed by atoms with Crippen molar-refractivity contribution in [2.45, 2.75) is 19.5 Å². The van der Waals surface area contributed by atoms with Crippen molar-refractivity contribution in [3.63, 3.8) is 0 Å². The van der Waals surface area contributed by atoms with E-state index in [9.17, 15) is 22.4 Å². The zero-order chi connectivity index (χ0) is 22.5. The quantitative estimate of drug-likeness (QED) is 0.662. The molecule has 0 radical (unpaired) electrons. The van der Waals surface area contributed by atoms with Crippen LogP contribution in [0.15, 0.2) is 48.5 Å². The largest absolute Gasteiger partial charge is 0.357 e. The Morgan fingerprint density at radius 2 is 1.80 bits per heavy atom. The van der Waals surface area contributed by atoms with Gasteiger partial charge in [0.15, 0.2) is 0 Å². The van der Waals surface area contributed by atoms with Crippen LogP contribution in [0.4, 0.5) is 10.1 Å². The van der Waals surface area contributed by atoms with Gasteiger partial charge in [-0.1, -0.05) is 29.8 Å². The fraction of sp³-hybridized carbons (Fsp3) is 0.300. The molecule has 0 saturated carbocycles. The van der Waals surface area contributed by atoms with Gasteiger partial charge in [-0.2, -0.15) is 0 Å². The normalized spacial score (nSPS) is 12.2. The Labute approximate surface area is 180 Å². The molecule has 7 nitrogen and oxygen atoms in total. The molecule has 1 N–H and O–H groups in total. The van der Waals surface area contributed by atoms with Gasteiger partial charge in [-0.15, -0.1) is 0 Å². The van der Waals surface area contributed by atoms with E-state index < -0.39 is 40.2 Å². The summed E-state index contributed by atoms with van der Waals surface area (Å²) in [5.41, 5.74) is 0.727. The van der Waals surface area contributed by atoms with E-state index >= 15 is 0 Å². The zero-order valence-electron chi connectivity index (χ0n) is 16.8. The molecule has 2 aromatic carbocycles. The molecule has 30 heavy (non-hydrogen) atoms.